The van der Waals surface area contributed by atoms with Crippen molar-refractivity contribution in [1.29, 1.82) is 0 Å². The lowest BCUT2D eigenvalue weighted by molar-refractivity contribution is -0.140. The minimum absolute atomic E-state index is 0.0173. The van der Waals surface area contributed by atoms with Gasteiger partial charge in [-0.3, -0.25) is 9.59 Å². The third kappa shape index (κ3) is 6.74. The number of carbonyl (C=O) groups excluding carboxylic acids is 2. The molecule has 0 aliphatic rings. The van der Waals surface area contributed by atoms with Crippen LogP contribution in [-0.4, -0.2) is 29.3 Å². The topological polar surface area (TPSA) is 49.4 Å². The van der Waals surface area contributed by atoms with Gasteiger partial charge in [-0.05, 0) is 43.4 Å². The second-order valence-electron chi connectivity index (χ2n) is 7.68. The fourth-order valence-corrected chi connectivity index (χ4v) is 3.49. The molecule has 0 saturated carbocycles. The van der Waals surface area contributed by atoms with Crippen LogP contribution in [0.15, 0.2) is 48.5 Å². The van der Waals surface area contributed by atoms with Gasteiger partial charge in [0.15, 0.2) is 0 Å². The third-order valence-electron chi connectivity index (χ3n) is 5.26. The average Bonchev–Trinajstić information content (AvgIpc) is 2.69. The zero-order valence-electron chi connectivity index (χ0n) is 18.2. The second-order valence-corrected chi connectivity index (χ2v) is 7.68. The minimum atomic E-state index is -0.469. The molecule has 0 unspecified atom stereocenters. The maximum absolute atomic E-state index is 13.3. The van der Waals surface area contributed by atoms with Gasteiger partial charge in [0, 0.05) is 13.1 Å². The van der Waals surface area contributed by atoms with E-state index in [4.69, 9.17) is 0 Å². The van der Waals surface area contributed by atoms with Gasteiger partial charge in [-0.1, -0.05) is 74.4 Å². The molecule has 0 aliphatic heterocycles. The van der Waals surface area contributed by atoms with E-state index < -0.39 is 6.04 Å². The molecule has 0 bridgehead atoms. The fraction of sp³-hybridized carbons (Fsp3) is 0.440. The summed E-state index contributed by atoms with van der Waals surface area (Å²) in [6, 6.07) is 15.6. The van der Waals surface area contributed by atoms with E-state index in [9.17, 15) is 9.59 Å². The van der Waals surface area contributed by atoms with Crippen LogP contribution in [0.3, 0.4) is 0 Å². The van der Waals surface area contributed by atoms with Gasteiger partial charge in [0.05, 0.1) is 6.42 Å². The Kier molecular flexibility index (Phi) is 8.91. The van der Waals surface area contributed by atoms with E-state index in [1.54, 1.807) is 4.90 Å². The highest BCUT2D eigenvalue weighted by Gasteiger charge is 2.28. The molecular weight excluding hydrogens is 360 g/mol. The van der Waals surface area contributed by atoms with Crippen molar-refractivity contribution in [3.8, 4) is 0 Å². The highest BCUT2D eigenvalue weighted by Crippen LogP contribution is 2.17. The van der Waals surface area contributed by atoms with Gasteiger partial charge in [-0.25, -0.2) is 0 Å². The lowest BCUT2D eigenvalue weighted by Gasteiger charge is -2.31. The van der Waals surface area contributed by atoms with Crippen LogP contribution in [0.5, 0.6) is 0 Å². The van der Waals surface area contributed by atoms with Crippen molar-refractivity contribution < 1.29 is 9.59 Å². The summed E-state index contributed by atoms with van der Waals surface area (Å²) in [6.45, 7) is 9.22. The Morgan fingerprint density at radius 2 is 1.79 bits per heavy atom. The van der Waals surface area contributed by atoms with Crippen LogP contribution in [0.2, 0.25) is 0 Å². The maximum Gasteiger partial charge on any atom is 0.242 e. The molecular formula is C25H34N2O2. The van der Waals surface area contributed by atoms with Crippen molar-refractivity contribution >= 4 is 11.8 Å². The summed E-state index contributed by atoms with van der Waals surface area (Å²) < 4.78 is 0. The number of hydrogen-bond donors (Lipinski definition) is 1. The molecule has 4 nitrogen and oxygen atoms in total. The van der Waals surface area contributed by atoms with Gasteiger partial charge in [-0.2, -0.15) is 0 Å². The first-order chi connectivity index (χ1) is 14.0. The van der Waals surface area contributed by atoms with Crippen molar-refractivity contribution in [2.24, 2.45) is 0 Å². The van der Waals surface area contributed by atoms with Crippen LogP contribution in [0.25, 0.3) is 0 Å². The summed E-state index contributed by atoms with van der Waals surface area (Å²) in [5, 5.41) is 3.01. The molecule has 4 heteroatoms. The predicted octanol–water partition coefficient (Wildman–Crippen LogP) is 4.57. The number of rotatable bonds is 10. The van der Waals surface area contributed by atoms with Crippen LogP contribution in [0, 0.1) is 13.8 Å². The smallest absolute Gasteiger partial charge is 0.242 e. The lowest BCUT2D eigenvalue weighted by atomic mass is 10.0. The number of carbonyl (C=O) groups is 2. The number of nitrogens with zero attached hydrogens (tertiary/aromatic N) is 1. The summed E-state index contributed by atoms with van der Waals surface area (Å²) in [5.41, 5.74) is 4.31. The first-order valence-corrected chi connectivity index (χ1v) is 10.6. The zero-order chi connectivity index (χ0) is 21.2. The van der Waals surface area contributed by atoms with Crippen molar-refractivity contribution in [3.63, 3.8) is 0 Å². The van der Waals surface area contributed by atoms with Crippen LogP contribution in [0.1, 0.15) is 55.4 Å². The van der Waals surface area contributed by atoms with Gasteiger partial charge in [0.2, 0.25) is 11.8 Å². The normalized spacial score (nSPS) is 11.7. The second kappa shape index (κ2) is 11.4. The van der Waals surface area contributed by atoms with E-state index in [1.807, 2.05) is 69.3 Å². The van der Waals surface area contributed by atoms with Crippen molar-refractivity contribution in [2.75, 3.05) is 6.54 Å². The Labute approximate surface area is 175 Å². The summed E-state index contributed by atoms with van der Waals surface area (Å²) in [7, 11) is 0. The van der Waals surface area contributed by atoms with Crippen LogP contribution < -0.4 is 5.32 Å². The highest BCUT2D eigenvalue weighted by molar-refractivity contribution is 5.88. The number of aryl methyl sites for hydroxylation is 2. The number of benzene rings is 2. The van der Waals surface area contributed by atoms with E-state index >= 15 is 0 Å². The molecule has 0 heterocycles. The quantitative estimate of drug-likeness (QED) is 0.600. The largest absolute Gasteiger partial charge is 0.354 e. The summed E-state index contributed by atoms with van der Waals surface area (Å²) in [6.07, 6.45) is 2.85. The van der Waals surface area contributed by atoms with E-state index in [0.717, 1.165) is 35.1 Å². The Morgan fingerprint density at radius 1 is 1.03 bits per heavy atom. The summed E-state index contributed by atoms with van der Waals surface area (Å²) >= 11 is 0. The Balaban J connectivity index is 2.26. The molecule has 1 N–H and O–H groups in total. The van der Waals surface area contributed by atoms with Gasteiger partial charge < -0.3 is 10.2 Å². The molecule has 2 aromatic carbocycles. The zero-order valence-corrected chi connectivity index (χ0v) is 18.2. The van der Waals surface area contributed by atoms with Gasteiger partial charge >= 0.3 is 0 Å². The molecule has 0 radical (unpaired) electrons. The first kappa shape index (κ1) is 22.7. The van der Waals surface area contributed by atoms with E-state index in [0.29, 0.717) is 25.9 Å². The Bertz CT molecular complexity index is 816. The fourth-order valence-electron chi connectivity index (χ4n) is 3.49. The predicted molar refractivity (Wildman–Crippen MR) is 119 cm³/mol. The molecule has 0 fully saturated rings. The lowest BCUT2D eigenvalue weighted by Crippen LogP contribution is -2.49. The molecule has 2 rings (SSSR count). The maximum atomic E-state index is 13.3. The Morgan fingerprint density at radius 3 is 2.45 bits per heavy atom. The number of nitrogens with one attached hydrogen (secondary N) is 1. The minimum Gasteiger partial charge on any atom is -0.354 e. The van der Waals surface area contributed by atoms with Crippen molar-refractivity contribution in [1.82, 2.24) is 10.2 Å². The SMILES string of the molecule is CCCCNC(=O)[C@H](CC)N(Cc1ccccc1C)C(=O)Cc1cccc(C)c1. The van der Waals surface area contributed by atoms with Gasteiger partial charge in [0.25, 0.3) is 0 Å². The molecule has 2 aromatic rings. The number of unbranched alkanes of at least 4 members (excludes halogenated alkanes) is 1. The summed E-state index contributed by atoms with van der Waals surface area (Å²) in [4.78, 5) is 27.9. The number of hydrogen-bond acceptors (Lipinski definition) is 2. The molecule has 0 spiro atoms. The summed E-state index contributed by atoms with van der Waals surface area (Å²) in [5.74, 6) is -0.0801. The van der Waals surface area contributed by atoms with E-state index in [-0.39, 0.29) is 11.8 Å². The van der Waals surface area contributed by atoms with Crippen LogP contribution in [0.4, 0.5) is 0 Å². The molecule has 0 saturated heterocycles. The molecule has 2 amide bonds. The van der Waals surface area contributed by atoms with E-state index in [2.05, 4.69) is 12.2 Å². The Hall–Kier alpha value is -2.62. The third-order valence-corrected chi connectivity index (χ3v) is 5.26. The van der Waals surface area contributed by atoms with Crippen molar-refractivity contribution in [2.45, 2.75) is 66.0 Å². The molecule has 29 heavy (non-hydrogen) atoms. The van der Waals surface area contributed by atoms with Crippen molar-refractivity contribution in [3.05, 3.63) is 70.8 Å². The highest BCUT2D eigenvalue weighted by atomic mass is 16.2. The molecule has 156 valence electrons. The monoisotopic (exact) mass is 394 g/mol. The first-order valence-electron chi connectivity index (χ1n) is 10.6. The van der Waals surface area contributed by atoms with E-state index in [1.165, 1.54) is 0 Å². The molecule has 0 aromatic heterocycles. The number of amides is 2. The van der Waals surface area contributed by atoms with Gasteiger partial charge in [-0.15, -0.1) is 0 Å². The van der Waals surface area contributed by atoms with Crippen LogP contribution >= 0.6 is 0 Å². The van der Waals surface area contributed by atoms with Gasteiger partial charge in [0.1, 0.15) is 6.04 Å². The standard InChI is InChI=1S/C25H34N2O2/c1-5-7-15-26-25(29)23(6-2)27(18-22-14-9-8-12-20(22)4)24(28)17-21-13-10-11-19(3)16-21/h8-14,16,23H,5-7,15,17-18H2,1-4H3,(H,26,29)/t23-/m0/s1. The molecule has 0 aliphatic carbocycles. The molecule has 1 atom stereocenters. The average molecular weight is 395 g/mol. The van der Waals surface area contributed by atoms with Crippen LogP contribution in [-0.2, 0) is 22.6 Å².